The molecule has 0 bridgehead atoms. The molecule has 2 aromatic rings. The van der Waals surface area contributed by atoms with Gasteiger partial charge in [0.25, 0.3) is 0 Å². The number of carbonyl (C=O) groups excluding carboxylic acids is 2. The highest BCUT2D eigenvalue weighted by Crippen LogP contribution is 2.37. The maximum absolute atomic E-state index is 12.9. The first-order valence-corrected chi connectivity index (χ1v) is 9.23. The predicted molar refractivity (Wildman–Crippen MR) is 93.4 cm³/mol. The van der Waals surface area contributed by atoms with Crippen LogP contribution < -0.4 is 10.2 Å². The van der Waals surface area contributed by atoms with E-state index in [1.807, 2.05) is 31.2 Å². The molecule has 9 heteroatoms. The summed E-state index contributed by atoms with van der Waals surface area (Å²) in [5, 5.41) is 15.3. The van der Waals surface area contributed by atoms with Crippen LogP contribution in [0.25, 0.3) is 0 Å². The van der Waals surface area contributed by atoms with Crippen LogP contribution in [0, 0.1) is 0 Å². The molecule has 4 rings (SSSR count). The zero-order chi connectivity index (χ0) is 17.4. The highest BCUT2D eigenvalue weighted by molar-refractivity contribution is 7.99. The van der Waals surface area contributed by atoms with Crippen LogP contribution in [0.3, 0.4) is 0 Å². The van der Waals surface area contributed by atoms with Gasteiger partial charge in [0.05, 0.1) is 23.2 Å². The molecular formula is C16H18N6O2S. The third-order valence-electron chi connectivity index (χ3n) is 4.31. The lowest BCUT2D eigenvalue weighted by Crippen LogP contribution is -2.40. The average molecular weight is 358 g/mol. The van der Waals surface area contributed by atoms with E-state index in [1.54, 1.807) is 9.58 Å². The number of amides is 2. The van der Waals surface area contributed by atoms with Crippen LogP contribution in [0.5, 0.6) is 0 Å². The van der Waals surface area contributed by atoms with Crippen molar-refractivity contribution in [1.82, 2.24) is 20.2 Å². The number of thioether (sulfide) groups is 1. The van der Waals surface area contributed by atoms with Crippen molar-refractivity contribution in [2.75, 3.05) is 16.0 Å². The Kier molecular flexibility index (Phi) is 4.16. The van der Waals surface area contributed by atoms with Crippen LogP contribution in [0.15, 0.2) is 29.4 Å². The molecule has 1 fully saturated rings. The molecule has 25 heavy (non-hydrogen) atoms. The van der Waals surface area contributed by atoms with Gasteiger partial charge in [-0.15, -0.1) is 5.10 Å². The fraction of sp³-hybridized carbons (Fsp3) is 0.438. The number of aromatic nitrogens is 4. The quantitative estimate of drug-likeness (QED) is 0.839. The van der Waals surface area contributed by atoms with Gasteiger partial charge in [-0.05, 0) is 42.3 Å². The van der Waals surface area contributed by atoms with E-state index in [0.717, 1.165) is 18.5 Å². The van der Waals surface area contributed by atoms with Crippen molar-refractivity contribution in [1.29, 1.82) is 0 Å². The molecule has 1 N–H and O–H groups in total. The van der Waals surface area contributed by atoms with Gasteiger partial charge in [-0.1, -0.05) is 23.9 Å². The van der Waals surface area contributed by atoms with E-state index in [4.69, 9.17) is 0 Å². The lowest BCUT2D eigenvalue weighted by atomic mass is 10.2. The minimum absolute atomic E-state index is 0.0632. The maximum atomic E-state index is 12.9. The summed E-state index contributed by atoms with van der Waals surface area (Å²) in [4.78, 5) is 26.6. The summed E-state index contributed by atoms with van der Waals surface area (Å²) in [5.74, 6) is 0.0762. The number of nitrogens with one attached hydrogen (secondary N) is 1. The van der Waals surface area contributed by atoms with Gasteiger partial charge in [-0.25, -0.2) is 4.68 Å². The third kappa shape index (κ3) is 3.23. The Hall–Kier alpha value is -2.42. The van der Waals surface area contributed by atoms with Crippen molar-refractivity contribution in [2.24, 2.45) is 0 Å². The molecule has 2 amide bonds. The number of para-hydroxylation sites is 2. The van der Waals surface area contributed by atoms with E-state index in [2.05, 4.69) is 20.8 Å². The maximum Gasteiger partial charge on any atom is 0.237 e. The van der Waals surface area contributed by atoms with Crippen molar-refractivity contribution in [3.05, 3.63) is 24.3 Å². The number of benzene rings is 1. The van der Waals surface area contributed by atoms with Crippen molar-refractivity contribution < 1.29 is 9.59 Å². The van der Waals surface area contributed by atoms with Crippen molar-refractivity contribution in [2.45, 2.75) is 43.4 Å². The van der Waals surface area contributed by atoms with Gasteiger partial charge in [0.1, 0.15) is 0 Å². The summed E-state index contributed by atoms with van der Waals surface area (Å²) in [7, 11) is 0. The fourth-order valence-corrected chi connectivity index (χ4v) is 3.80. The van der Waals surface area contributed by atoms with Gasteiger partial charge < -0.3 is 10.2 Å². The number of carbonyl (C=O) groups is 2. The smallest absolute Gasteiger partial charge is 0.237 e. The molecule has 2 heterocycles. The lowest BCUT2D eigenvalue weighted by molar-refractivity contribution is -0.117. The van der Waals surface area contributed by atoms with Gasteiger partial charge in [0.15, 0.2) is 0 Å². The molecule has 1 aromatic carbocycles. The molecule has 1 aromatic heterocycles. The largest absolute Gasteiger partial charge is 0.324 e. The minimum Gasteiger partial charge on any atom is -0.324 e. The second-order valence-electron chi connectivity index (χ2n) is 6.31. The molecule has 1 saturated carbocycles. The number of nitrogens with zero attached hydrogens (tertiary/aromatic N) is 5. The third-order valence-corrected chi connectivity index (χ3v) is 5.23. The topological polar surface area (TPSA) is 93.0 Å². The normalized spacial score (nSPS) is 20.0. The molecule has 2 aliphatic rings. The van der Waals surface area contributed by atoms with Crippen molar-refractivity contribution in [3.63, 3.8) is 0 Å². The average Bonchev–Trinajstić information content (AvgIpc) is 3.34. The molecule has 1 aliphatic carbocycles. The van der Waals surface area contributed by atoms with E-state index in [-0.39, 0.29) is 30.0 Å². The van der Waals surface area contributed by atoms with Gasteiger partial charge in [-0.2, -0.15) is 0 Å². The SMILES string of the molecule is C[C@H]1CC(=O)Nc2ccccc2N1C(=O)CSc1nnnn1C1CC1. The van der Waals surface area contributed by atoms with E-state index >= 15 is 0 Å². The molecule has 0 spiro atoms. The van der Waals surface area contributed by atoms with Crippen molar-refractivity contribution >= 4 is 35.0 Å². The van der Waals surface area contributed by atoms with Crippen molar-refractivity contribution in [3.8, 4) is 0 Å². The Morgan fingerprint density at radius 2 is 2.16 bits per heavy atom. The van der Waals surface area contributed by atoms with Crippen LogP contribution in [-0.4, -0.2) is 43.8 Å². The highest BCUT2D eigenvalue weighted by atomic mass is 32.2. The number of hydrogen-bond donors (Lipinski definition) is 1. The summed E-state index contributed by atoms with van der Waals surface area (Å²) < 4.78 is 1.79. The van der Waals surface area contributed by atoms with Gasteiger partial charge >= 0.3 is 0 Å². The second-order valence-corrected chi connectivity index (χ2v) is 7.25. The molecular weight excluding hydrogens is 340 g/mol. The summed E-state index contributed by atoms with van der Waals surface area (Å²) >= 11 is 1.34. The van der Waals surface area contributed by atoms with Gasteiger partial charge in [0.2, 0.25) is 17.0 Å². The highest BCUT2D eigenvalue weighted by Gasteiger charge is 2.31. The second kappa shape index (κ2) is 6.47. The first-order valence-electron chi connectivity index (χ1n) is 8.25. The Bertz CT molecular complexity index is 818. The van der Waals surface area contributed by atoms with Crippen LogP contribution >= 0.6 is 11.8 Å². The van der Waals surface area contributed by atoms with Crippen LogP contribution in [0.4, 0.5) is 11.4 Å². The molecule has 0 radical (unpaired) electrons. The van der Waals surface area contributed by atoms with Gasteiger partial charge in [-0.3, -0.25) is 9.59 Å². The van der Waals surface area contributed by atoms with E-state index < -0.39 is 0 Å². The van der Waals surface area contributed by atoms with Crippen LogP contribution in [0.2, 0.25) is 0 Å². The standard InChI is InChI=1S/C16H18N6O2S/c1-10-8-14(23)17-12-4-2-3-5-13(12)21(10)15(24)9-25-16-18-19-20-22(16)11-6-7-11/h2-5,10-11H,6-9H2,1H3,(H,17,23)/t10-/m0/s1. The predicted octanol–water partition coefficient (Wildman–Crippen LogP) is 1.86. The summed E-state index contributed by atoms with van der Waals surface area (Å²) in [5.41, 5.74) is 1.39. The Labute approximate surface area is 149 Å². The summed E-state index contributed by atoms with van der Waals surface area (Å²) in [6.45, 7) is 1.89. The Balaban J connectivity index is 1.54. The fourth-order valence-electron chi connectivity index (χ4n) is 2.99. The Morgan fingerprint density at radius 1 is 1.36 bits per heavy atom. The van der Waals surface area contributed by atoms with Crippen LogP contribution in [-0.2, 0) is 9.59 Å². The first-order chi connectivity index (χ1) is 12.1. The van der Waals surface area contributed by atoms with Gasteiger partial charge in [0, 0.05) is 12.5 Å². The van der Waals surface area contributed by atoms with E-state index in [9.17, 15) is 9.59 Å². The van der Waals surface area contributed by atoms with Crippen LogP contribution in [0.1, 0.15) is 32.2 Å². The molecule has 1 aliphatic heterocycles. The first kappa shape index (κ1) is 16.1. The number of fused-ring (bicyclic) bond motifs is 1. The monoisotopic (exact) mass is 358 g/mol. The lowest BCUT2D eigenvalue weighted by Gasteiger charge is -2.27. The molecule has 0 unspecified atom stereocenters. The molecule has 0 saturated heterocycles. The number of hydrogen-bond acceptors (Lipinski definition) is 6. The van der Waals surface area contributed by atoms with E-state index in [0.29, 0.717) is 16.9 Å². The Morgan fingerprint density at radius 3 is 2.96 bits per heavy atom. The number of anilines is 2. The molecule has 1 atom stereocenters. The number of rotatable bonds is 4. The molecule has 8 nitrogen and oxygen atoms in total. The summed E-state index contributed by atoms with van der Waals surface area (Å²) in [6.07, 6.45) is 2.43. The van der Waals surface area contributed by atoms with E-state index in [1.165, 1.54) is 11.8 Å². The molecule has 130 valence electrons. The zero-order valence-electron chi connectivity index (χ0n) is 13.8. The summed E-state index contributed by atoms with van der Waals surface area (Å²) in [6, 6.07) is 7.53. The number of tetrazole rings is 1. The minimum atomic E-state index is -0.212. The zero-order valence-corrected chi connectivity index (χ0v) is 14.6.